The van der Waals surface area contributed by atoms with Gasteiger partial charge in [-0.3, -0.25) is 0 Å². The number of hydrogen-bond donors (Lipinski definition) is 1. The number of piperidine rings is 3. The summed E-state index contributed by atoms with van der Waals surface area (Å²) in [5, 5.41) is 22.4. The van der Waals surface area contributed by atoms with Gasteiger partial charge in [0, 0.05) is 42.5 Å². The van der Waals surface area contributed by atoms with Gasteiger partial charge < -0.3 is 29.1 Å². The smallest absolute Gasteiger partial charge is 0.430 e. The summed E-state index contributed by atoms with van der Waals surface area (Å²) in [5.41, 5.74) is -1.47. The first kappa shape index (κ1) is 28.9. The van der Waals surface area contributed by atoms with E-state index in [2.05, 4.69) is 19.0 Å². The number of ether oxygens (including phenoxy) is 1. The van der Waals surface area contributed by atoms with Crippen molar-refractivity contribution in [3.63, 3.8) is 0 Å². The molecule has 4 aliphatic rings. The minimum Gasteiger partial charge on any atom is -0.542 e. The summed E-state index contributed by atoms with van der Waals surface area (Å²) in [4.78, 5) is 25.2. The number of esters is 1. The summed E-state index contributed by atoms with van der Waals surface area (Å²) in [6, 6.07) is 3.82. The van der Waals surface area contributed by atoms with E-state index in [1.807, 2.05) is 17.5 Å². The summed E-state index contributed by atoms with van der Waals surface area (Å²) in [7, 11) is 4.25. The minimum absolute atomic E-state index is 0.0158. The summed E-state index contributed by atoms with van der Waals surface area (Å²) in [5.74, 6) is -2.95. The van der Waals surface area contributed by atoms with Crippen LogP contribution in [0.2, 0.25) is 0 Å². The minimum atomic E-state index is -5.19. The highest BCUT2D eigenvalue weighted by atomic mass is 32.1. The van der Waals surface area contributed by atoms with Crippen molar-refractivity contribution < 1.29 is 42.2 Å². The van der Waals surface area contributed by atoms with Crippen molar-refractivity contribution in [2.75, 3.05) is 46.8 Å². The summed E-state index contributed by atoms with van der Waals surface area (Å²) >= 11 is 1.48. The van der Waals surface area contributed by atoms with Crippen LogP contribution in [-0.2, 0) is 19.9 Å². The molecule has 1 saturated carbocycles. The third kappa shape index (κ3) is 6.79. The monoisotopic (exact) mass is 534 g/mol. The second-order valence-corrected chi connectivity index (χ2v) is 11.6. The zero-order valence-corrected chi connectivity index (χ0v) is 21.8. The average molecular weight is 535 g/mol. The predicted octanol–water partition coefficient (Wildman–Crippen LogP) is 2.53. The number of thiophene rings is 1. The second kappa shape index (κ2) is 11.8. The third-order valence-electron chi connectivity index (χ3n) is 7.92. The number of aliphatic hydroxyl groups is 1. The highest BCUT2D eigenvalue weighted by Crippen LogP contribution is 2.44. The number of aliphatic carboxylic acids is 1. The Labute approximate surface area is 214 Å². The molecule has 1 aromatic heterocycles. The lowest BCUT2D eigenvalue weighted by atomic mass is 9.82. The maximum atomic E-state index is 13.4. The first-order chi connectivity index (χ1) is 16.9. The maximum absolute atomic E-state index is 13.4. The van der Waals surface area contributed by atoms with Crippen LogP contribution in [0.5, 0.6) is 0 Å². The van der Waals surface area contributed by atoms with Gasteiger partial charge in [0.25, 0.3) is 0 Å². The van der Waals surface area contributed by atoms with Crippen LogP contribution in [0.3, 0.4) is 0 Å². The molecule has 11 heteroatoms. The maximum Gasteiger partial charge on any atom is 0.430 e. The van der Waals surface area contributed by atoms with E-state index >= 15 is 0 Å². The van der Waals surface area contributed by atoms with Crippen molar-refractivity contribution in [2.24, 2.45) is 11.8 Å². The van der Waals surface area contributed by atoms with Crippen LogP contribution in [0, 0.1) is 11.8 Å². The zero-order valence-electron chi connectivity index (χ0n) is 21.0. The number of carbonyl (C=O) groups excluding carboxylic acids is 2. The number of nitrogens with zero attached hydrogens (tertiary/aromatic N) is 2. The largest absolute Gasteiger partial charge is 0.542 e. The quantitative estimate of drug-likeness (QED) is 0.407. The molecule has 1 aromatic rings. The van der Waals surface area contributed by atoms with Crippen molar-refractivity contribution in [3.8, 4) is 0 Å². The van der Waals surface area contributed by atoms with Gasteiger partial charge in [-0.2, -0.15) is 13.2 Å². The van der Waals surface area contributed by atoms with Gasteiger partial charge in [-0.15, -0.1) is 11.3 Å². The van der Waals surface area contributed by atoms with E-state index < -0.39 is 23.7 Å². The molecule has 0 amide bonds. The fourth-order valence-electron chi connectivity index (χ4n) is 5.93. The Morgan fingerprint density at radius 3 is 2.31 bits per heavy atom. The molecule has 4 heterocycles. The van der Waals surface area contributed by atoms with Gasteiger partial charge in [-0.1, -0.05) is 18.9 Å². The van der Waals surface area contributed by atoms with Crippen molar-refractivity contribution >= 4 is 23.3 Å². The number of hydrogen-bond acceptors (Lipinski definition) is 7. The topological polar surface area (TPSA) is 89.9 Å². The Hall–Kier alpha value is -1.69. The Morgan fingerprint density at radius 2 is 1.81 bits per heavy atom. The molecule has 0 aromatic carbocycles. The van der Waals surface area contributed by atoms with Crippen molar-refractivity contribution in [1.29, 1.82) is 0 Å². The van der Waals surface area contributed by atoms with E-state index in [1.165, 1.54) is 30.8 Å². The number of carboxylic acid groups (broad SMARTS) is 1. The molecule has 7 nitrogen and oxygen atoms in total. The molecule has 5 rings (SSSR count). The Bertz CT molecular complexity index is 866. The predicted molar refractivity (Wildman–Crippen MR) is 127 cm³/mol. The van der Waals surface area contributed by atoms with Crippen LogP contribution in [0.15, 0.2) is 17.5 Å². The first-order valence-corrected chi connectivity index (χ1v) is 13.5. The highest BCUT2D eigenvalue weighted by molar-refractivity contribution is 7.10. The van der Waals surface area contributed by atoms with E-state index in [0.29, 0.717) is 5.92 Å². The number of quaternary nitrogens is 1. The second-order valence-electron chi connectivity index (χ2n) is 10.6. The van der Waals surface area contributed by atoms with E-state index in [4.69, 9.17) is 14.6 Å². The number of rotatable bonds is 8. The van der Waals surface area contributed by atoms with E-state index in [-0.39, 0.29) is 12.0 Å². The Balaban J connectivity index is 0.000000454. The molecule has 1 aliphatic carbocycles. The third-order valence-corrected chi connectivity index (χ3v) is 8.92. The van der Waals surface area contributed by atoms with Crippen LogP contribution in [0.1, 0.15) is 49.8 Å². The molecule has 2 atom stereocenters. The van der Waals surface area contributed by atoms with Gasteiger partial charge in [0.2, 0.25) is 0 Å². The van der Waals surface area contributed by atoms with Gasteiger partial charge in [-0.25, -0.2) is 4.79 Å². The van der Waals surface area contributed by atoms with Crippen LogP contribution in [0.25, 0.3) is 0 Å². The van der Waals surface area contributed by atoms with Gasteiger partial charge in [0.15, 0.2) is 11.7 Å². The molecule has 0 spiro atoms. The van der Waals surface area contributed by atoms with Crippen LogP contribution >= 0.6 is 11.3 Å². The van der Waals surface area contributed by atoms with Crippen LogP contribution < -0.4 is 5.11 Å². The number of alkyl halides is 3. The van der Waals surface area contributed by atoms with Crippen molar-refractivity contribution in [3.05, 3.63) is 22.4 Å². The van der Waals surface area contributed by atoms with Gasteiger partial charge >= 0.3 is 12.1 Å². The van der Waals surface area contributed by atoms with E-state index in [9.17, 15) is 23.1 Å². The number of halogens is 3. The zero-order chi connectivity index (χ0) is 26.6. The van der Waals surface area contributed by atoms with Gasteiger partial charge in [0.05, 0.1) is 19.6 Å². The fourth-order valence-corrected chi connectivity index (χ4v) is 6.82. The summed E-state index contributed by atoms with van der Waals surface area (Å²) in [6.07, 6.45) is 2.20. The van der Waals surface area contributed by atoms with Crippen molar-refractivity contribution in [1.82, 2.24) is 4.90 Å². The number of carbonyl (C=O) groups is 2. The fraction of sp³-hybridized carbons (Fsp3) is 0.760. The molecule has 3 saturated heterocycles. The molecule has 36 heavy (non-hydrogen) atoms. The lowest BCUT2D eigenvalue weighted by molar-refractivity contribution is -0.946. The van der Waals surface area contributed by atoms with Gasteiger partial charge in [-0.05, 0) is 38.4 Å². The molecule has 2 bridgehead atoms. The van der Waals surface area contributed by atoms with Crippen LogP contribution in [0.4, 0.5) is 13.2 Å². The molecule has 1 N–H and O–H groups in total. The summed E-state index contributed by atoms with van der Waals surface area (Å²) < 4.78 is 38.8. The lowest BCUT2D eigenvalue weighted by Gasteiger charge is -2.52. The van der Waals surface area contributed by atoms with Crippen molar-refractivity contribution in [2.45, 2.75) is 62.8 Å². The molecule has 4 fully saturated rings. The molecule has 0 radical (unpaired) electrons. The van der Waals surface area contributed by atoms with E-state index in [1.54, 1.807) is 0 Å². The van der Waals surface area contributed by atoms with Gasteiger partial charge in [0.1, 0.15) is 12.5 Å². The normalized spacial score (nSPS) is 27.9. The number of carboxylic acids is 1. The molecule has 3 aliphatic heterocycles. The molecule has 0 unspecified atom stereocenters. The summed E-state index contributed by atoms with van der Waals surface area (Å²) in [6.45, 7) is 5.62. The van der Waals surface area contributed by atoms with Crippen LogP contribution in [-0.4, -0.2) is 85.5 Å². The number of fused-ring (bicyclic) bond motifs is 3. The molecular weight excluding hydrogens is 497 g/mol. The highest BCUT2D eigenvalue weighted by Gasteiger charge is 2.53. The average Bonchev–Trinajstić information content (AvgIpc) is 3.54. The van der Waals surface area contributed by atoms with E-state index in [0.717, 1.165) is 67.5 Å². The SMILES string of the molecule is CN(C)CCC[N+]12CCC(CC1)[C@@H](OC(=O)[C@](O)(c1cccs1)C1CCCC1)C2.O=C([O-])C(F)(F)F. The Morgan fingerprint density at radius 1 is 1.19 bits per heavy atom. The lowest BCUT2D eigenvalue weighted by Crippen LogP contribution is -2.65. The molecular formula is C25H37F3N2O5S. The standard InChI is InChI=1S/C23H37N2O3S.C2HF3O2/c1-24(2)12-6-13-25-14-10-18(11-15-25)20(17-25)28-22(26)23(27,19-7-3-4-8-19)21-9-5-16-29-21;3-2(4,5)1(6)7/h5,9,16,18-20,27H,3-4,6-8,10-15,17H2,1-2H3;(H,6,7)/q+1;/p-1/t18?,20-,23+,25?;/m0./s1. The Kier molecular flexibility index (Phi) is 9.46. The first-order valence-electron chi connectivity index (χ1n) is 12.6. The molecule has 204 valence electrons.